The maximum absolute atomic E-state index is 11.4. The first kappa shape index (κ1) is 13.6. The maximum Gasteiger partial charge on any atom is 0.309 e. The third-order valence-corrected chi connectivity index (χ3v) is 3.10. The van der Waals surface area contributed by atoms with Crippen molar-refractivity contribution in [1.29, 1.82) is 0 Å². The number of hydrogen-bond acceptors (Lipinski definition) is 4. The molecule has 1 aliphatic rings. The molecule has 1 unspecified atom stereocenters. The number of carbonyl (C=O) groups excluding carboxylic acids is 2. The van der Waals surface area contributed by atoms with Crippen molar-refractivity contribution in [1.82, 2.24) is 10.6 Å². The van der Waals surface area contributed by atoms with Gasteiger partial charge in [-0.05, 0) is 37.3 Å². The van der Waals surface area contributed by atoms with E-state index < -0.39 is 11.8 Å². The second kappa shape index (κ2) is 6.38. The third-order valence-electron chi connectivity index (χ3n) is 3.10. The summed E-state index contributed by atoms with van der Waals surface area (Å²) in [6, 6.07) is 3.42. The minimum absolute atomic E-state index is 0.184. The average Bonchev–Trinajstić information content (AvgIpc) is 3.13. The first-order chi connectivity index (χ1) is 9.16. The number of aliphatic hydroxyl groups excluding tert-OH is 1. The lowest BCUT2D eigenvalue weighted by Crippen LogP contribution is -2.40. The summed E-state index contributed by atoms with van der Waals surface area (Å²) in [5, 5.41) is 14.5. The van der Waals surface area contributed by atoms with Crippen LogP contribution in [-0.4, -0.2) is 29.6 Å². The summed E-state index contributed by atoms with van der Waals surface area (Å²) >= 11 is 0. The first-order valence-electron chi connectivity index (χ1n) is 6.43. The van der Waals surface area contributed by atoms with Gasteiger partial charge in [0.2, 0.25) is 0 Å². The number of amides is 2. The summed E-state index contributed by atoms with van der Waals surface area (Å²) in [6.07, 6.45) is 3.73. The molecule has 2 rings (SSSR count). The average molecular weight is 266 g/mol. The van der Waals surface area contributed by atoms with E-state index in [0.29, 0.717) is 24.6 Å². The van der Waals surface area contributed by atoms with E-state index in [1.807, 2.05) is 0 Å². The molecule has 104 valence electrons. The highest BCUT2D eigenvalue weighted by atomic mass is 16.3. The van der Waals surface area contributed by atoms with Gasteiger partial charge in [0.1, 0.15) is 5.76 Å². The lowest BCUT2D eigenvalue weighted by molar-refractivity contribution is -0.139. The summed E-state index contributed by atoms with van der Waals surface area (Å²) in [5.41, 5.74) is 0. The van der Waals surface area contributed by atoms with Crippen molar-refractivity contribution in [2.75, 3.05) is 6.54 Å². The standard InChI is InChI=1S/C13H18N2O4/c16-11(9-3-4-9)5-6-14-12(17)13(18)15-8-10-2-1-7-19-10/h1-2,7,9,11,16H,3-6,8H2,(H,14,17)(H,15,18). The van der Waals surface area contributed by atoms with Gasteiger partial charge >= 0.3 is 11.8 Å². The molecule has 0 radical (unpaired) electrons. The van der Waals surface area contributed by atoms with E-state index in [1.54, 1.807) is 12.1 Å². The summed E-state index contributed by atoms with van der Waals surface area (Å²) in [5.74, 6) is -0.415. The molecule has 1 aliphatic carbocycles. The molecule has 6 heteroatoms. The SMILES string of the molecule is O=C(NCCC(O)C1CC1)C(=O)NCc1ccco1. The Kier molecular flexibility index (Phi) is 4.57. The fraction of sp³-hybridized carbons (Fsp3) is 0.538. The molecule has 0 spiro atoms. The molecule has 1 atom stereocenters. The van der Waals surface area contributed by atoms with Crippen molar-refractivity contribution in [2.45, 2.75) is 31.9 Å². The van der Waals surface area contributed by atoms with Gasteiger partial charge in [-0.2, -0.15) is 0 Å². The molecule has 1 aromatic rings. The zero-order valence-corrected chi connectivity index (χ0v) is 10.6. The minimum atomic E-state index is -0.697. The number of furan rings is 1. The molecular weight excluding hydrogens is 248 g/mol. The van der Waals surface area contributed by atoms with Gasteiger partial charge in [-0.15, -0.1) is 0 Å². The molecule has 0 bridgehead atoms. The molecule has 1 heterocycles. The van der Waals surface area contributed by atoms with Gasteiger partial charge in [0, 0.05) is 6.54 Å². The molecule has 1 fully saturated rings. The topological polar surface area (TPSA) is 91.6 Å². The van der Waals surface area contributed by atoms with Crippen molar-refractivity contribution in [3.05, 3.63) is 24.2 Å². The van der Waals surface area contributed by atoms with Crippen LogP contribution in [0.3, 0.4) is 0 Å². The monoisotopic (exact) mass is 266 g/mol. The van der Waals surface area contributed by atoms with Crippen molar-refractivity contribution in [2.24, 2.45) is 5.92 Å². The van der Waals surface area contributed by atoms with Gasteiger partial charge in [0.25, 0.3) is 0 Å². The minimum Gasteiger partial charge on any atom is -0.467 e. The van der Waals surface area contributed by atoms with Crippen LogP contribution < -0.4 is 10.6 Å². The molecule has 1 aromatic heterocycles. The largest absolute Gasteiger partial charge is 0.467 e. The van der Waals surface area contributed by atoms with Gasteiger partial charge in [-0.3, -0.25) is 9.59 Å². The number of nitrogens with one attached hydrogen (secondary N) is 2. The highest BCUT2D eigenvalue weighted by molar-refractivity contribution is 6.35. The normalized spacial score (nSPS) is 15.8. The Hall–Kier alpha value is -1.82. The van der Waals surface area contributed by atoms with E-state index in [2.05, 4.69) is 10.6 Å². The Bertz CT molecular complexity index is 426. The molecular formula is C13H18N2O4. The number of carbonyl (C=O) groups is 2. The molecule has 0 aromatic carbocycles. The molecule has 0 aliphatic heterocycles. The smallest absolute Gasteiger partial charge is 0.309 e. The van der Waals surface area contributed by atoms with Crippen LogP contribution in [0.25, 0.3) is 0 Å². The second-order valence-corrected chi connectivity index (χ2v) is 4.71. The number of hydrogen-bond donors (Lipinski definition) is 3. The fourth-order valence-corrected chi connectivity index (χ4v) is 1.79. The zero-order chi connectivity index (χ0) is 13.7. The van der Waals surface area contributed by atoms with E-state index in [4.69, 9.17) is 4.42 Å². The first-order valence-corrected chi connectivity index (χ1v) is 6.43. The lowest BCUT2D eigenvalue weighted by atomic mass is 10.2. The predicted molar refractivity (Wildman–Crippen MR) is 66.9 cm³/mol. The van der Waals surface area contributed by atoms with Crippen molar-refractivity contribution in [3.63, 3.8) is 0 Å². The maximum atomic E-state index is 11.4. The molecule has 6 nitrogen and oxygen atoms in total. The molecule has 0 saturated heterocycles. The Balaban J connectivity index is 1.60. The van der Waals surface area contributed by atoms with E-state index in [9.17, 15) is 14.7 Å². The van der Waals surface area contributed by atoms with Crippen LogP contribution in [0.2, 0.25) is 0 Å². The van der Waals surface area contributed by atoms with Crippen LogP contribution in [0, 0.1) is 5.92 Å². The summed E-state index contributed by atoms with van der Waals surface area (Å²) in [7, 11) is 0. The Labute approximate surface area is 111 Å². The van der Waals surface area contributed by atoms with Crippen molar-refractivity contribution in [3.8, 4) is 0 Å². The van der Waals surface area contributed by atoms with Crippen LogP contribution in [0.4, 0.5) is 0 Å². The van der Waals surface area contributed by atoms with Crippen LogP contribution in [-0.2, 0) is 16.1 Å². The zero-order valence-electron chi connectivity index (χ0n) is 10.6. The van der Waals surface area contributed by atoms with Crippen molar-refractivity contribution < 1.29 is 19.1 Å². The summed E-state index contributed by atoms with van der Waals surface area (Å²) < 4.78 is 5.03. The van der Waals surface area contributed by atoms with Gasteiger partial charge in [-0.25, -0.2) is 0 Å². The molecule has 19 heavy (non-hydrogen) atoms. The Morgan fingerprint density at radius 1 is 1.37 bits per heavy atom. The van der Waals surface area contributed by atoms with E-state index >= 15 is 0 Å². The third kappa shape index (κ3) is 4.40. The van der Waals surface area contributed by atoms with Crippen LogP contribution >= 0.6 is 0 Å². The van der Waals surface area contributed by atoms with Crippen LogP contribution in [0.15, 0.2) is 22.8 Å². The van der Waals surface area contributed by atoms with Crippen LogP contribution in [0.1, 0.15) is 25.0 Å². The highest BCUT2D eigenvalue weighted by Crippen LogP contribution is 2.33. The quantitative estimate of drug-likeness (QED) is 0.640. The van der Waals surface area contributed by atoms with Crippen molar-refractivity contribution >= 4 is 11.8 Å². The predicted octanol–water partition coefficient (Wildman–Crippen LogP) is 0.173. The highest BCUT2D eigenvalue weighted by Gasteiger charge is 2.29. The fourth-order valence-electron chi connectivity index (χ4n) is 1.79. The summed E-state index contributed by atoms with van der Waals surface area (Å²) in [4.78, 5) is 22.9. The lowest BCUT2D eigenvalue weighted by Gasteiger charge is -2.09. The number of rotatable bonds is 6. The van der Waals surface area contributed by atoms with Gasteiger partial charge < -0.3 is 20.2 Å². The molecule has 1 saturated carbocycles. The molecule has 3 N–H and O–H groups in total. The van der Waals surface area contributed by atoms with E-state index in [-0.39, 0.29) is 12.6 Å². The second-order valence-electron chi connectivity index (χ2n) is 4.71. The Morgan fingerprint density at radius 2 is 2.11 bits per heavy atom. The van der Waals surface area contributed by atoms with E-state index in [0.717, 1.165) is 12.8 Å². The van der Waals surface area contributed by atoms with Gasteiger partial charge in [0.05, 0.1) is 18.9 Å². The summed E-state index contributed by atoms with van der Waals surface area (Å²) in [6.45, 7) is 0.495. The Morgan fingerprint density at radius 3 is 2.74 bits per heavy atom. The van der Waals surface area contributed by atoms with Crippen LogP contribution in [0.5, 0.6) is 0 Å². The number of aliphatic hydroxyl groups is 1. The van der Waals surface area contributed by atoms with E-state index in [1.165, 1.54) is 6.26 Å². The van der Waals surface area contributed by atoms with Gasteiger partial charge in [-0.1, -0.05) is 0 Å². The van der Waals surface area contributed by atoms with Gasteiger partial charge in [0.15, 0.2) is 0 Å². The molecule has 2 amide bonds.